The van der Waals surface area contributed by atoms with Crippen molar-refractivity contribution >= 4 is 45.9 Å². The van der Waals surface area contributed by atoms with Gasteiger partial charge in [-0.1, -0.05) is 23.7 Å². The topological polar surface area (TPSA) is 107 Å². The molecule has 0 unspecified atom stereocenters. The van der Waals surface area contributed by atoms with E-state index in [-0.39, 0.29) is 11.7 Å². The van der Waals surface area contributed by atoms with Gasteiger partial charge < -0.3 is 25.4 Å². The zero-order valence-corrected chi connectivity index (χ0v) is 22.0. The molecule has 0 saturated heterocycles. The van der Waals surface area contributed by atoms with E-state index in [0.29, 0.717) is 37.6 Å². The highest BCUT2D eigenvalue weighted by atomic mass is 35.5. The summed E-state index contributed by atoms with van der Waals surface area (Å²) >= 11 is 5.63. The molecule has 3 N–H and O–H groups in total. The molecule has 0 saturated carbocycles. The largest absolute Gasteiger partial charge is 0.417 e. The molecule has 0 spiro atoms. The van der Waals surface area contributed by atoms with Crippen molar-refractivity contribution in [1.82, 2.24) is 14.9 Å². The van der Waals surface area contributed by atoms with Crippen LogP contribution in [0.3, 0.4) is 0 Å². The predicted octanol–water partition coefficient (Wildman–Crippen LogP) is 6.24. The number of fused-ring (bicyclic) bond motifs is 1. The number of urea groups is 1. The van der Waals surface area contributed by atoms with E-state index in [1.54, 1.807) is 56.0 Å². The number of alkyl halides is 3. The Morgan fingerprint density at radius 2 is 1.73 bits per heavy atom. The van der Waals surface area contributed by atoms with Gasteiger partial charge in [-0.25, -0.2) is 9.59 Å². The highest BCUT2D eigenvalue weighted by Crippen LogP contribution is 2.36. The molecule has 0 bridgehead atoms. The maximum Gasteiger partial charge on any atom is 0.417 e. The van der Waals surface area contributed by atoms with Crippen molar-refractivity contribution < 1.29 is 32.2 Å². The first-order valence-corrected chi connectivity index (χ1v) is 12.4. The lowest BCUT2D eigenvalue weighted by molar-refractivity contribution is -0.137. The maximum atomic E-state index is 13.1. The number of rotatable bonds is 9. The molecule has 0 atom stereocenters. The molecule has 2 aromatic carbocycles. The summed E-state index contributed by atoms with van der Waals surface area (Å²) in [6.07, 6.45) is 0.289. The number of ether oxygens (including phenoxy) is 2. The molecule has 40 heavy (non-hydrogen) atoms. The van der Waals surface area contributed by atoms with Gasteiger partial charge >= 0.3 is 18.2 Å². The van der Waals surface area contributed by atoms with Crippen LogP contribution in [-0.2, 0) is 15.7 Å². The van der Waals surface area contributed by atoms with E-state index in [1.807, 2.05) is 0 Å². The Hall–Kier alpha value is -4.13. The van der Waals surface area contributed by atoms with Gasteiger partial charge in [0, 0.05) is 54.6 Å². The second-order valence-electron chi connectivity index (χ2n) is 8.49. The minimum Gasteiger partial charge on any atom is -0.382 e. The molecular weight excluding hydrogens is 551 g/mol. The van der Waals surface area contributed by atoms with E-state index in [9.17, 15) is 22.8 Å². The van der Waals surface area contributed by atoms with Gasteiger partial charge in [-0.05, 0) is 42.0 Å². The standard InChI is InChI=1S/C27H25ClF3N5O4/c1-39-12-13-40-11-10-33-26(38)36-16-21(20-15-32-9-8-24(20)36)17-2-4-18(5-3-17)34-25(37)35-19-6-7-23(28)22(14-19)27(29,30)31/h2-9,14-16H,10-13H2,1H3,(H,33,38)(H2,34,35,37). The number of methoxy groups -OCH3 is 1. The average molecular weight is 576 g/mol. The zero-order chi connectivity index (χ0) is 28.7. The normalized spacial score (nSPS) is 11.4. The summed E-state index contributed by atoms with van der Waals surface area (Å²) in [5, 5.41) is 8.04. The molecule has 0 aliphatic carbocycles. The molecule has 0 fully saturated rings. The Bertz CT molecular complexity index is 1490. The summed E-state index contributed by atoms with van der Waals surface area (Å²) < 4.78 is 51.1. The number of hydrogen-bond acceptors (Lipinski definition) is 5. The average Bonchev–Trinajstić information content (AvgIpc) is 3.31. The number of carbonyl (C=O) groups is 2. The third-order valence-electron chi connectivity index (χ3n) is 5.76. The molecule has 9 nitrogen and oxygen atoms in total. The number of amides is 3. The van der Waals surface area contributed by atoms with Crippen molar-refractivity contribution in [1.29, 1.82) is 0 Å². The summed E-state index contributed by atoms with van der Waals surface area (Å²) in [6.45, 7) is 1.56. The van der Waals surface area contributed by atoms with E-state index >= 15 is 0 Å². The van der Waals surface area contributed by atoms with Gasteiger partial charge in [0.2, 0.25) is 0 Å². The number of nitrogens with one attached hydrogen (secondary N) is 3. The Morgan fingerprint density at radius 3 is 2.45 bits per heavy atom. The Labute approximate surface area is 232 Å². The fraction of sp³-hybridized carbons (Fsp3) is 0.222. The maximum absolute atomic E-state index is 13.1. The van der Waals surface area contributed by atoms with Gasteiger partial charge in [0.1, 0.15) is 0 Å². The fourth-order valence-electron chi connectivity index (χ4n) is 3.88. The van der Waals surface area contributed by atoms with Gasteiger partial charge in [-0.3, -0.25) is 9.55 Å². The van der Waals surface area contributed by atoms with E-state index in [2.05, 4.69) is 20.9 Å². The highest BCUT2D eigenvalue weighted by Gasteiger charge is 2.33. The van der Waals surface area contributed by atoms with Crippen LogP contribution >= 0.6 is 11.6 Å². The van der Waals surface area contributed by atoms with Crippen LogP contribution < -0.4 is 16.0 Å². The Morgan fingerprint density at radius 1 is 1.00 bits per heavy atom. The van der Waals surface area contributed by atoms with E-state index in [1.165, 1.54) is 10.6 Å². The van der Waals surface area contributed by atoms with Crippen LogP contribution in [0.4, 0.5) is 34.1 Å². The lowest BCUT2D eigenvalue weighted by Crippen LogP contribution is -2.31. The van der Waals surface area contributed by atoms with Crippen LogP contribution in [0, 0.1) is 0 Å². The number of hydrogen-bond donors (Lipinski definition) is 3. The Balaban J connectivity index is 1.44. The van der Waals surface area contributed by atoms with Crippen LogP contribution in [0.15, 0.2) is 67.1 Å². The number of pyridine rings is 1. The summed E-state index contributed by atoms with van der Waals surface area (Å²) in [7, 11) is 1.58. The monoisotopic (exact) mass is 575 g/mol. The molecule has 210 valence electrons. The zero-order valence-electron chi connectivity index (χ0n) is 21.2. The first-order valence-electron chi connectivity index (χ1n) is 12.0. The fourth-order valence-corrected chi connectivity index (χ4v) is 4.10. The number of benzene rings is 2. The quantitative estimate of drug-likeness (QED) is 0.205. The lowest BCUT2D eigenvalue weighted by atomic mass is 10.1. The molecule has 4 aromatic rings. The van der Waals surface area contributed by atoms with Gasteiger partial charge in [-0.2, -0.15) is 13.2 Å². The molecule has 2 aromatic heterocycles. The third-order valence-corrected chi connectivity index (χ3v) is 6.09. The summed E-state index contributed by atoms with van der Waals surface area (Å²) in [4.78, 5) is 29.4. The summed E-state index contributed by atoms with van der Waals surface area (Å²) in [5.41, 5.74) is 1.45. The van der Waals surface area contributed by atoms with E-state index in [4.69, 9.17) is 21.1 Å². The summed E-state index contributed by atoms with van der Waals surface area (Å²) in [6, 6.07) is 10.5. The van der Waals surface area contributed by atoms with Crippen LogP contribution in [0.1, 0.15) is 5.56 Å². The Kier molecular flexibility index (Phi) is 9.25. The minimum atomic E-state index is -4.65. The van der Waals surface area contributed by atoms with Crippen LogP contribution in [-0.4, -0.2) is 55.1 Å². The lowest BCUT2D eigenvalue weighted by Gasteiger charge is -2.12. The third kappa shape index (κ3) is 7.08. The predicted molar refractivity (Wildman–Crippen MR) is 146 cm³/mol. The second kappa shape index (κ2) is 12.8. The van der Waals surface area contributed by atoms with Crippen LogP contribution in [0.25, 0.3) is 22.0 Å². The van der Waals surface area contributed by atoms with Crippen LogP contribution in [0.5, 0.6) is 0 Å². The van der Waals surface area contributed by atoms with Crippen molar-refractivity contribution in [2.24, 2.45) is 0 Å². The van der Waals surface area contributed by atoms with Gasteiger partial charge in [0.05, 0.1) is 35.9 Å². The number of carbonyl (C=O) groups excluding carboxylic acids is 2. The van der Waals surface area contributed by atoms with Crippen LogP contribution in [0.2, 0.25) is 5.02 Å². The SMILES string of the molecule is COCCOCCNC(=O)n1cc(-c2ccc(NC(=O)Nc3ccc(Cl)c(C(F)(F)F)c3)cc2)c2cnccc21. The first-order chi connectivity index (χ1) is 19.2. The molecule has 3 amide bonds. The molecule has 2 heterocycles. The number of nitrogens with zero attached hydrogens (tertiary/aromatic N) is 2. The molecule has 4 rings (SSSR count). The van der Waals surface area contributed by atoms with E-state index in [0.717, 1.165) is 28.6 Å². The first kappa shape index (κ1) is 28.9. The van der Waals surface area contributed by atoms with Gasteiger partial charge in [-0.15, -0.1) is 0 Å². The smallest absolute Gasteiger partial charge is 0.382 e. The minimum absolute atomic E-state index is 0.0639. The molecular formula is C27H25ClF3N5O4. The van der Waals surface area contributed by atoms with Crippen molar-refractivity contribution in [2.75, 3.05) is 44.1 Å². The molecule has 13 heteroatoms. The second-order valence-corrected chi connectivity index (χ2v) is 8.90. The van der Waals surface area contributed by atoms with Gasteiger partial charge in [0.25, 0.3) is 0 Å². The van der Waals surface area contributed by atoms with Crippen molar-refractivity contribution in [2.45, 2.75) is 6.18 Å². The number of aromatic nitrogens is 2. The van der Waals surface area contributed by atoms with Crippen molar-refractivity contribution in [3.8, 4) is 11.1 Å². The highest BCUT2D eigenvalue weighted by molar-refractivity contribution is 6.31. The molecule has 0 aliphatic rings. The molecule has 0 aliphatic heterocycles. The van der Waals surface area contributed by atoms with E-state index < -0.39 is 22.8 Å². The van der Waals surface area contributed by atoms with Crippen molar-refractivity contribution in [3.05, 3.63) is 77.7 Å². The summed E-state index contributed by atoms with van der Waals surface area (Å²) in [5.74, 6) is 0. The number of halogens is 4. The van der Waals surface area contributed by atoms with Crippen molar-refractivity contribution in [3.63, 3.8) is 0 Å². The molecule has 0 radical (unpaired) electrons. The van der Waals surface area contributed by atoms with Gasteiger partial charge in [0.15, 0.2) is 0 Å². The number of anilines is 2.